The summed E-state index contributed by atoms with van der Waals surface area (Å²) < 4.78 is 5.97. The van der Waals surface area contributed by atoms with Crippen molar-refractivity contribution in [3.63, 3.8) is 0 Å². The van der Waals surface area contributed by atoms with Crippen molar-refractivity contribution in [3.8, 4) is 0 Å². The van der Waals surface area contributed by atoms with E-state index in [4.69, 9.17) is 4.74 Å². The van der Waals surface area contributed by atoms with Crippen LogP contribution in [0.4, 0.5) is 0 Å². The van der Waals surface area contributed by atoms with Crippen molar-refractivity contribution in [1.82, 2.24) is 0 Å². The summed E-state index contributed by atoms with van der Waals surface area (Å²) >= 11 is 0. The Morgan fingerprint density at radius 2 is 1.29 bits per heavy atom. The Hall–Kier alpha value is -0.0400. The van der Waals surface area contributed by atoms with E-state index in [-0.39, 0.29) is 0 Å². The summed E-state index contributed by atoms with van der Waals surface area (Å²) in [5.41, 5.74) is 0. The molecule has 1 nitrogen and oxygen atoms in total. The predicted molar refractivity (Wildman–Crippen MR) is 79.5 cm³/mol. The zero-order valence-corrected chi connectivity index (χ0v) is 13.5. The monoisotopic (exact) mass is 244 g/mol. The van der Waals surface area contributed by atoms with Gasteiger partial charge in [-0.2, -0.15) is 0 Å². The summed E-state index contributed by atoms with van der Waals surface area (Å²) in [5, 5.41) is 0. The van der Waals surface area contributed by atoms with Crippen LogP contribution in [-0.4, -0.2) is 12.2 Å². The second-order valence-corrected chi connectivity index (χ2v) is 4.92. The van der Waals surface area contributed by atoms with E-state index in [2.05, 4.69) is 27.7 Å². The van der Waals surface area contributed by atoms with Gasteiger partial charge in [0.2, 0.25) is 0 Å². The van der Waals surface area contributed by atoms with Crippen LogP contribution in [0, 0.1) is 11.8 Å². The molecule has 1 rings (SSSR count). The molecule has 17 heavy (non-hydrogen) atoms. The Labute approximate surface area is 110 Å². The molecular formula is C16H36O. The van der Waals surface area contributed by atoms with E-state index in [1.54, 1.807) is 0 Å². The number of rotatable bonds is 3. The van der Waals surface area contributed by atoms with Crippen LogP contribution in [0.3, 0.4) is 0 Å². The first-order valence-corrected chi connectivity index (χ1v) is 7.76. The molecule has 1 fully saturated rings. The summed E-state index contributed by atoms with van der Waals surface area (Å²) in [5.74, 6) is 1.58. The van der Waals surface area contributed by atoms with Gasteiger partial charge in [-0.1, -0.05) is 54.4 Å². The van der Waals surface area contributed by atoms with Crippen LogP contribution in [0.15, 0.2) is 0 Å². The molecule has 0 saturated heterocycles. The topological polar surface area (TPSA) is 9.23 Å². The lowest BCUT2D eigenvalue weighted by atomic mass is 9.79. The summed E-state index contributed by atoms with van der Waals surface area (Å²) in [6.45, 7) is 16.9. The van der Waals surface area contributed by atoms with Crippen LogP contribution < -0.4 is 0 Å². The Morgan fingerprint density at radius 1 is 0.824 bits per heavy atom. The SMILES string of the molecule is CC.CC.CC(C)OC1CCCCC1C(C)C. The highest BCUT2D eigenvalue weighted by Crippen LogP contribution is 2.32. The predicted octanol–water partition coefficient (Wildman–Crippen LogP) is 5.68. The minimum Gasteiger partial charge on any atom is -0.375 e. The van der Waals surface area contributed by atoms with Crippen LogP contribution in [0.5, 0.6) is 0 Å². The van der Waals surface area contributed by atoms with Crippen LogP contribution in [0.1, 0.15) is 81.1 Å². The molecule has 1 aliphatic rings. The first-order chi connectivity index (χ1) is 8.11. The van der Waals surface area contributed by atoms with Crippen molar-refractivity contribution in [2.24, 2.45) is 11.8 Å². The standard InChI is InChI=1S/C12H24O.2C2H6/c1-9(2)11-7-5-6-8-12(11)13-10(3)4;2*1-2/h9-12H,5-8H2,1-4H3;2*1-2H3. The molecule has 1 aliphatic carbocycles. The summed E-state index contributed by atoms with van der Waals surface area (Å²) in [4.78, 5) is 0. The number of hydrogen-bond acceptors (Lipinski definition) is 1. The van der Waals surface area contributed by atoms with Gasteiger partial charge in [0.1, 0.15) is 0 Å². The molecule has 0 radical (unpaired) electrons. The summed E-state index contributed by atoms with van der Waals surface area (Å²) in [7, 11) is 0. The molecule has 2 atom stereocenters. The van der Waals surface area contributed by atoms with Crippen molar-refractivity contribution in [1.29, 1.82) is 0 Å². The minimum absolute atomic E-state index is 0.393. The average Bonchev–Trinajstić information content (AvgIpc) is 2.34. The van der Waals surface area contributed by atoms with E-state index in [1.165, 1.54) is 25.7 Å². The van der Waals surface area contributed by atoms with E-state index in [0.29, 0.717) is 12.2 Å². The molecule has 0 aromatic heterocycles. The highest BCUT2D eigenvalue weighted by Gasteiger charge is 2.28. The van der Waals surface area contributed by atoms with Gasteiger partial charge in [-0.05, 0) is 38.5 Å². The fourth-order valence-corrected chi connectivity index (χ4v) is 2.41. The maximum atomic E-state index is 5.97. The molecule has 1 saturated carbocycles. The molecule has 0 aromatic rings. The average molecular weight is 244 g/mol. The molecular weight excluding hydrogens is 208 g/mol. The second kappa shape index (κ2) is 12.4. The molecule has 0 amide bonds. The fourth-order valence-electron chi connectivity index (χ4n) is 2.41. The van der Waals surface area contributed by atoms with E-state index in [0.717, 1.165) is 11.8 Å². The van der Waals surface area contributed by atoms with E-state index >= 15 is 0 Å². The van der Waals surface area contributed by atoms with E-state index < -0.39 is 0 Å². The number of hydrogen-bond donors (Lipinski definition) is 0. The third-order valence-corrected chi connectivity index (χ3v) is 3.06. The lowest BCUT2D eigenvalue weighted by Gasteiger charge is -2.35. The van der Waals surface area contributed by atoms with Gasteiger partial charge in [-0.3, -0.25) is 0 Å². The third kappa shape index (κ3) is 8.65. The molecule has 0 bridgehead atoms. The van der Waals surface area contributed by atoms with E-state index in [9.17, 15) is 0 Å². The third-order valence-electron chi connectivity index (χ3n) is 3.06. The van der Waals surface area contributed by atoms with Crippen LogP contribution in [0.2, 0.25) is 0 Å². The quantitative estimate of drug-likeness (QED) is 0.620. The van der Waals surface area contributed by atoms with Crippen molar-refractivity contribution in [2.75, 3.05) is 0 Å². The Kier molecular flexibility index (Phi) is 14.1. The lowest BCUT2D eigenvalue weighted by Crippen LogP contribution is -2.33. The Balaban J connectivity index is 0. The number of ether oxygens (including phenoxy) is 1. The fraction of sp³-hybridized carbons (Fsp3) is 1.00. The Morgan fingerprint density at radius 3 is 1.71 bits per heavy atom. The van der Waals surface area contributed by atoms with Crippen molar-refractivity contribution in [3.05, 3.63) is 0 Å². The highest BCUT2D eigenvalue weighted by molar-refractivity contribution is 4.78. The van der Waals surface area contributed by atoms with Crippen LogP contribution >= 0.6 is 0 Å². The first kappa shape index (κ1) is 19.3. The molecule has 0 N–H and O–H groups in total. The smallest absolute Gasteiger partial charge is 0.0609 e. The van der Waals surface area contributed by atoms with Crippen LogP contribution in [0.25, 0.3) is 0 Å². The minimum atomic E-state index is 0.393. The summed E-state index contributed by atoms with van der Waals surface area (Å²) in [6, 6.07) is 0. The second-order valence-electron chi connectivity index (χ2n) is 4.92. The first-order valence-electron chi connectivity index (χ1n) is 7.76. The molecule has 1 heteroatoms. The molecule has 2 unspecified atom stereocenters. The van der Waals surface area contributed by atoms with Gasteiger partial charge in [-0.15, -0.1) is 0 Å². The molecule has 0 aliphatic heterocycles. The highest BCUT2D eigenvalue weighted by atomic mass is 16.5. The van der Waals surface area contributed by atoms with Crippen molar-refractivity contribution in [2.45, 2.75) is 93.3 Å². The van der Waals surface area contributed by atoms with Gasteiger partial charge in [-0.25, -0.2) is 0 Å². The largest absolute Gasteiger partial charge is 0.375 e. The maximum absolute atomic E-state index is 5.97. The normalized spacial score (nSPS) is 23.6. The molecule has 0 aromatic carbocycles. The Bertz CT molecular complexity index is 140. The van der Waals surface area contributed by atoms with Gasteiger partial charge < -0.3 is 4.74 Å². The van der Waals surface area contributed by atoms with E-state index in [1.807, 2.05) is 27.7 Å². The maximum Gasteiger partial charge on any atom is 0.0609 e. The molecule has 0 spiro atoms. The van der Waals surface area contributed by atoms with Crippen molar-refractivity contribution >= 4 is 0 Å². The zero-order valence-electron chi connectivity index (χ0n) is 13.5. The van der Waals surface area contributed by atoms with Crippen LogP contribution in [-0.2, 0) is 4.74 Å². The van der Waals surface area contributed by atoms with Gasteiger partial charge in [0.25, 0.3) is 0 Å². The lowest BCUT2D eigenvalue weighted by molar-refractivity contribution is -0.0569. The summed E-state index contributed by atoms with van der Waals surface area (Å²) in [6.07, 6.45) is 6.34. The van der Waals surface area contributed by atoms with Gasteiger partial charge in [0.15, 0.2) is 0 Å². The zero-order chi connectivity index (χ0) is 13.8. The van der Waals surface area contributed by atoms with Crippen molar-refractivity contribution < 1.29 is 4.74 Å². The van der Waals surface area contributed by atoms with Gasteiger partial charge >= 0.3 is 0 Å². The molecule has 106 valence electrons. The van der Waals surface area contributed by atoms with Gasteiger partial charge in [0, 0.05) is 0 Å². The van der Waals surface area contributed by atoms with Gasteiger partial charge in [0.05, 0.1) is 12.2 Å². The molecule has 0 heterocycles.